The lowest BCUT2D eigenvalue weighted by atomic mass is 10.1. The van der Waals surface area contributed by atoms with Crippen molar-refractivity contribution in [1.29, 1.82) is 0 Å². The summed E-state index contributed by atoms with van der Waals surface area (Å²) in [6, 6.07) is 10.0. The zero-order valence-corrected chi connectivity index (χ0v) is 12.9. The van der Waals surface area contributed by atoms with Crippen molar-refractivity contribution in [2.24, 2.45) is 5.92 Å². The molecule has 20 heavy (non-hydrogen) atoms. The summed E-state index contributed by atoms with van der Waals surface area (Å²) in [5, 5.41) is 2.02. The van der Waals surface area contributed by atoms with E-state index in [9.17, 15) is 4.79 Å². The van der Waals surface area contributed by atoms with Crippen molar-refractivity contribution in [3.63, 3.8) is 0 Å². The number of aromatic nitrogens is 1. The summed E-state index contributed by atoms with van der Waals surface area (Å²) in [6.45, 7) is 6.58. The Kier molecular flexibility index (Phi) is 5.01. The number of esters is 1. The Balaban J connectivity index is 2.01. The molecule has 0 fully saturated rings. The van der Waals surface area contributed by atoms with Crippen molar-refractivity contribution >= 4 is 28.6 Å². The van der Waals surface area contributed by atoms with Crippen LogP contribution < -0.4 is 0 Å². The molecular formula is C16H19NO2S. The van der Waals surface area contributed by atoms with Gasteiger partial charge in [-0.2, -0.15) is 0 Å². The Hall–Kier alpha value is -1.55. The molecule has 1 aromatic carbocycles. The predicted octanol–water partition coefficient (Wildman–Crippen LogP) is 3.83. The Morgan fingerprint density at radius 3 is 2.85 bits per heavy atom. The molecule has 1 aromatic heterocycles. The van der Waals surface area contributed by atoms with Gasteiger partial charge in [-0.1, -0.05) is 43.8 Å². The number of para-hydroxylation sites is 1. The normalized spacial score (nSPS) is 11.0. The van der Waals surface area contributed by atoms with Gasteiger partial charge in [-0.05, 0) is 30.5 Å². The molecule has 106 valence electrons. The number of pyridine rings is 1. The minimum absolute atomic E-state index is 0.184. The third kappa shape index (κ3) is 3.97. The molecule has 2 rings (SSSR count). The van der Waals surface area contributed by atoms with E-state index in [2.05, 4.69) is 18.0 Å². The standard InChI is InChI=1S/C16H19NO2S/c1-11(2)9-19-16(18)10-20-15-8-12(3)13-6-4-5-7-14(13)17-15/h4-8,11H,9-10H2,1-3H3. The van der Waals surface area contributed by atoms with E-state index in [0.717, 1.165) is 15.9 Å². The number of carbonyl (C=O) groups is 1. The average Bonchev–Trinajstić information content (AvgIpc) is 2.43. The monoisotopic (exact) mass is 289 g/mol. The lowest BCUT2D eigenvalue weighted by Gasteiger charge is -2.08. The van der Waals surface area contributed by atoms with Gasteiger partial charge in [0.1, 0.15) is 0 Å². The van der Waals surface area contributed by atoms with E-state index in [-0.39, 0.29) is 5.97 Å². The molecule has 0 saturated carbocycles. The first-order valence-electron chi connectivity index (χ1n) is 6.71. The van der Waals surface area contributed by atoms with Gasteiger partial charge >= 0.3 is 5.97 Å². The molecule has 0 amide bonds. The van der Waals surface area contributed by atoms with Crippen LogP contribution in [0.2, 0.25) is 0 Å². The molecule has 3 nitrogen and oxygen atoms in total. The predicted molar refractivity (Wildman–Crippen MR) is 83.0 cm³/mol. The topological polar surface area (TPSA) is 39.2 Å². The lowest BCUT2D eigenvalue weighted by molar-refractivity contribution is -0.141. The van der Waals surface area contributed by atoms with E-state index in [4.69, 9.17) is 4.74 Å². The first-order chi connectivity index (χ1) is 9.56. The summed E-state index contributed by atoms with van der Waals surface area (Å²) < 4.78 is 5.16. The molecule has 0 bridgehead atoms. The molecule has 0 radical (unpaired) electrons. The number of hydrogen-bond donors (Lipinski definition) is 0. The minimum Gasteiger partial charge on any atom is -0.465 e. The van der Waals surface area contributed by atoms with Gasteiger partial charge in [0.25, 0.3) is 0 Å². The Morgan fingerprint density at radius 1 is 1.35 bits per heavy atom. The quantitative estimate of drug-likeness (QED) is 0.619. The van der Waals surface area contributed by atoms with Crippen LogP contribution >= 0.6 is 11.8 Å². The Morgan fingerprint density at radius 2 is 2.10 bits per heavy atom. The molecule has 0 aliphatic rings. The SMILES string of the molecule is Cc1cc(SCC(=O)OCC(C)C)nc2ccccc12. The lowest BCUT2D eigenvalue weighted by Crippen LogP contribution is -2.11. The van der Waals surface area contributed by atoms with Crippen LogP contribution in [0, 0.1) is 12.8 Å². The molecule has 2 aromatic rings. The van der Waals surface area contributed by atoms with E-state index in [1.165, 1.54) is 17.3 Å². The molecule has 0 spiro atoms. The molecular weight excluding hydrogens is 270 g/mol. The fourth-order valence-corrected chi connectivity index (χ4v) is 2.60. The zero-order valence-electron chi connectivity index (χ0n) is 12.1. The number of thioether (sulfide) groups is 1. The molecule has 0 saturated heterocycles. The van der Waals surface area contributed by atoms with Gasteiger partial charge in [0, 0.05) is 5.39 Å². The van der Waals surface area contributed by atoms with E-state index >= 15 is 0 Å². The van der Waals surface area contributed by atoms with Crippen molar-refractivity contribution in [1.82, 2.24) is 4.98 Å². The van der Waals surface area contributed by atoms with Gasteiger partial charge < -0.3 is 4.74 Å². The van der Waals surface area contributed by atoms with Crippen molar-refractivity contribution < 1.29 is 9.53 Å². The van der Waals surface area contributed by atoms with E-state index in [1.54, 1.807) is 0 Å². The van der Waals surface area contributed by atoms with Gasteiger partial charge in [-0.3, -0.25) is 4.79 Å². The van der Waals surface area contributed by atoms with Crippen LogP contribution in [0.1, 0.15) is 19.4 Å². The van der Waals surface area contributed by atoms with Crippen LogP contribution in [-0.4, -0.2) is 23.3 Å². The average molecular weight is 289 g/mol. The molecule has 4 heteroatoms. The minimum atomic E-state index is -0.184. The second-order valence-electron chi connectivity index (χ2n) is 5.16. The highest BCUT2D eigenvalue weighted by atomic mass is 32.2. The number of ether oxygens (including phenoxy) is 1. The summed E-state index contributed by atoms with van der Waals surface area (Å²) in [5.41, 5.74) is 2.14. The maximum Gasteiger partial charge on any atom is 0.316 e. The highest BCUT2D eigenvalue weighted by molar-refractivity contribution is 7.99. The molecule has 0 unspecified atom stereocenters. The highest BCUT2D eigenvalue weighted by Crippen LogP contribution is 2.23. The van der Waals surface area contributed by atoms with Crippen molar-refractivity contribution in [3.8, 4) is 0 Å². The summed E-state index contributed by atoms with van der Waals surface area (Å²) >= 11 is 1.42. The van der Waals surface area contributed by atoms with Crippen LogP contribution in [0.15, 0.2) is 35.4 Å². The van der Waals surface area contributed by atoms with E-state index in [0.29, 0.717) is 18.3 Å². The van der Waals surface area contributed by atoms with Crippen molar-refractivity contribution in [2.45, 2.75) is 25.8 Å². The zero-order chi connectivity index (χ0) is 14.5. The number of benzene rings is 1. The van der Waals surface area contributed by atoms with Gasteiger partial charge in [-0.25, -0.2) is 4.98 Å². The second kappa shape index (κ2) is 6.75. The molecule has 0 aliphatic carbocycles. The fourth-order valence-electron chi connectivity index (χ4n) is 1.83. The van der Waals surface area contributed by atoms with Crippen LogP contribution in [0.5, 0.6) is 0 Å². The number of aryl methyl sites for hydroxylation is 1. The fraction of sp³-hybridized carbons (Fsp3) is 0.375. The van der Waals surface area contributed by atoms with Gasteiger partial charge in [0.2, 0.25) is 0 Å². The number of carbonyl (C=O) groups excluding carboxylic acids is 1. The van der Waals surface area contributed by atoms with E-state index < -0.39 is 0 Å². The summed E-state index contributed by atoms with van der Waals surface area (Å²) in [7, 11) is 0. The summed E-state index contributed by atoms with van der Waals surface area (Å²) in [6.07, 6.45) is 0. The van der Waals surface area contributed by atoms with Crippen LogP contribution in [-0.2, 0) is 9.53 Å². The first kappa shape index (κ1) is 14.9. The van der Waals surface area contributed by atoms with Gasteiger partial charge in [0.15, 0.2) is 0 Å². The maximum absolute atomic E-state index is 11.6. The largest absolute Gasteiger partial charge is 0.465 e. The van der Waals surface area contributed by atoms with Crippen molar-refractivity contribution in [3.05, 3.63) is 35.9 Å². The molecule has 0 N–H and O–H groups in total. The Labute approximate surface area is 123 Å². The maximum atomic E-state index is 11.6. The molecule has 0 aliphatic heterocycles. The molecule has 1 heterocycles. The van der Waals surface area contributed by atoms with Gasteiger partial charge in [-0.15, -0.1) is 0 Å². The summed E-state index contributed by atoms with van der Waals surface area (Å²) in [5.74, 6) is 0.485. The number of hydrogen-bond acceptors (Lipinski definition) is 4. The summed E-state index contributed by atoms with van der Waals surface area (Å²) in [4.78, 5) is 16.2. The van der Waals surface area contributed by atoms with Crippen LogP contribution in [0.25, 0.3) is 10.9 Å². The molecule has 0 atom stereocenters. The van der Waals surface area contributed by atoms with Crippen LogP contribution in [0.4, 0.5) is 0 Å². The first-order valence-corrected chi connectivity index (χ1v) is 7.69. The second-order valence-corrected chi connectivity index (χ2v) is 6.16. The number of rotatable bonds is 5. The number of nitrogens with zero attached hydrogens (tertiary/aromatic N) is 1. The third-order valence-electron chi connectivity index (χ3n) is 2.82. The third-order valence-corrected chi connectivity index (χ3v) is 3.70. The Bertz CT molecular complexity index is 610. The van der Waals surface area contributed by atoms with Crippen LogP contribution in [0.3, 0.4) is 0 Å². The van der Waals surface area contributed by atoms with Crippen molar-refractivity contribution in [2.75, 3.05) is 12.4 Å². The number of fused-ring (bicyclic) bond motifs is 1. The van der Waals surface area contributed by atoms with E-state index in [1.807, 2.05) is 38.1 Å². The highest BCUT2D eigenvalue weighted by Gasteiger charge is 2.08. The smallest absolute Gasteiger partial charge is 0.316 e. The van der Waals surface area contributed by atoms with Gasteiger partial charge in [0.05, 0.1) is 22.9 Å².